The first-order valence-corrected chi connectivity index (χ1v) is 11.0. The average Bonchev–Trinajstić information content (AvgIpc) is 2.79. The van der Waals surface area contributed by atoms with Crippen LogP contribution in [-0.2, 0) is 12.8 Å². The van der Waals surface area contributed by atoms with Crippen molar-refractivity contribution in [1.29, 1.82) is 0 Å². The standard InChI is InChI=1S/C26H37N2O2/c1-5-18-28(22(2)21-23-10-7-6-8-11-23)19-16-27(17-20-28)15-14-24-12-9-13-25(29-3)26(24)30-4/h5-13,22H,1,14-21H2,2-4H3/q+1. The van der Waals surface area contributed by atoms with E-state index in [1.54, 1.807) is 14.2 Å². The lowest BCUT2D eigenvalue weighted by Crippen LogP contribution is -2.64. The maximum absolute atomic E-state index is 5.60. The fraction of sp³-hybridized carbons (Fsp3) is 0.462. The molecule has 1 fully saturated rings. The summed E-state index contributed by atoms with van der Waals surface area (Å²) in [5.41, 5.74) is 2.64. The van der Waals surface area contributed by atoms with E-state index in [0.29, 0.717) is 6.04 Å². The molecule has 162 valence electrons. The maximum Gasteiger partial charge on any atom is 0.163 e. The largest absolute Gasteiger partial charge is 0.493 e. The van der Waals surface area contributed by atoms with Gasteiger partial charge in [-0.2, -0.15) is 0 Å². The molecular weight excluding hydrogens is 372 g/mol. The monoisotopic (exact) mass is 409 g/mol. The number of rotatable bonds is 10. The van der Waals surface area contributed by atoms with Crippen molar-refractivity contribution in [1.82, 2.24) is 4.90 Å². The van der Waals surface area contributed by atoms with Crippen LogP contribution < -0.4 is 9.47 Å². The van der Waals surface area contributed by atoms with Crippen molar-refractivity contribution in [3.05, 3.63) is 72.3 Å². The summed E-state index contributed by atoms with van der Waals surface area (Å²) in [5, 5.41) is 0. The molecule has 4 heteroatoms. The molecule has 3 rings (SSSR count). The summed E-state index contributed by atoms with van der Waals surface area (Å²) >= 11 is 0. The van der Waals surface area contributed by atoms with Crippen LogP contribution in [0.5, 0.6) is 11.5 Å². The Morgan fingerprint density at radius 1 is 1.03 bits per heavy atom. The highest BCUT2D eigenvalue weighted by Gasteiger charge is 2.36. The first-order chi connectivity index (χ1) is 14.6. The second kappa shape index (κ2) is 10.6. The molecule has 1 heterocycles. The van der Waals surface area contributed by atoms with Gasteiger partial charge in [0.25, 0.3) is 0 Å². The van der Waals surface area contributed by atoms with E-state index in [-0.39, 0.29) is 0 Å². The van der Waals surface area contributed by atoms with Gasteiger partial charge >= 0.3 is 0 Å². The van der Waals surface area contributed by atoms with Gasteiger partial charge in [0.2, 0.25) is 0 Å². The van der Waals surface area contributed by atoms with Crippen molar-refractivity contribution < 1.29 is 14.0 Å². The molecule has 2 aromatic carbocycles. The van der Waals surface area contributed by atoms with Crippen LogP contribution in [0.25, 0.3) is 0 Å². The molecule has 4 nitrogen and oxygen atoms in total. The Labute approximate surface area is 182 Å². The van der Waals surface area contributed by atoms with Crippen molar-refractivity contribution in [2.24, 2.45) is 0 Å². The summed E-state index contributed by atoms with van der Waals surface area (Å²) in [6.07, 6.45) is 4.20. The molecule has 0 saturated carbocycles. The topological polar surface area (TPSA) is 21.7 Å². The fourth-order valence-electron chi connectivity index (χ4n) is 4.77. The van der Waals surface area contributed by atoms with Gasteiger partial charge < -0.3 is 14.0 Å². The molecule has 1 aliphatic heterocycles. The molecule has 1 unspecified atom stereocenters. The van der Waals surface area contributed by atoms with Gasteiger partial charge in [0.05, 0.1) is 39.9 Å². The number of para-hydroxylation sites is 1. The van der Waals surface area contributed by atoms with Crippen molar-refractivity contribution in [2.45, 2.75) is 25.8 Å². The van der Waals surface area contributed by atoms with Gasteiger partial charge in [0.1, 0.15) is 0 Å². The number of hydrogen-bond acceptors (Lipinski definition) is 3. The van der Waals surface area contributed by atoms with E-state index in [4.69, 9.17) is 9.47 Å². The Balaban J connectivity index is 1.60. The molecule has 1 atom stereocenters. The molecule has 0 aliphatic carbocycles. The minimum Gasteiger partial charge on any atom is -0.493 e. The Bertz CT molecular complexity index is 798. The molecule has 0 radical (unpaired) electrons. The number of piperazine rings is 1. The van der Waals surface area contributed by atoms with Gasteiger partial charge in [-0.3, -0.25) is 4.90 Å². The molecule has 1 aliphatic rings. The van der Waals surface area contributed by atoms with Gasteiger partial charge in [-0.15, -0.1) is 0 Å². The van der Waals surface area contributed by atoms with Crippen LogP contribution in [0.15, 0.2) is 61.2 Å². The number of nitrogens with zero attached hydrogens (tertiary/aromatic N) is 2. The lowest BCUT2D eigenvalue weighted by molar-refractivity contribution is -0.948. The first-order valence-electron chi connectivity index (χ1n) is 11.0. The third kappa shape index (κ3) is 5.24. The van der Waals surface area contributed by atoms with Crippen LogP contribution >= 0.6 is 0 Å². The summed E-state index contributed by atoms with van der Waals surface area (Å²) < 4.78 is 12.2. The number of benzene rings is 2. The second-order valence-electron chi connectivity index (χ2n) is 8.42. The third-order valence-electron chi connectivity index (χ3n) is 6.71. The van der Waals surface area contributed by atoms with Crippen LogP contribution in [0, 0.1) is 0 Å². The van der Waals surface area contributed by atoms with E-state index in [9.17, 15) is 0 Å². The van der Waals surface area contributed by atoms with Crippen molar-refractivity contribution in [2.75, 3.05) is 53.5 Å². The second-order valence-corrected chi connectivity index (χ2v) is 8.42. The molecule has 0 spiro atoms. The van der Waals surface area contributed by atoms with Crippen LogP contribution in [0.1, 0.15) is 18.1 Å². The number of ether oxygens (including phenoxy) is 2. The zero-order valence-corrected chi connectivity index (χ0v) is 18.8. The van der Waals surface area contributed by atoms with Crippen molar-refractivity contribution in [3.63, 3.8) is 0 Å². The number of methoxy groups -OCH3 is 2. The van der Waals surface area contributed by atoms with Gasteiger partial charge in [-0.25, -0.2) is 0 Å². The average molecular weight is 410 g/mol. The summed E-state index contributed by atoms with van der Waals surface area (Å²) in [6.45, 7) is 13.2. The highest BCUT2D eigenvalue weighted by molar-refractivity contribution is 5.46. The lowest BCUT2D eigenvalue weighted by atomic mass is 10.0. The van der Waals surface area contributed by atoms with E-state index in [2.05, 4.69) is 60.9 Å². The van der Waals surface area contributed by atoms with Crippen LogP contribution in [0.3, 0.4) is 0 Å². The summed E-state index contributed by atoms with van der Waals surface area (Å²) in [6, 6.07) is 17.6. The van der Waals surface area contributed by atoms with E-state index in [1.165, 1.54) is 24.2 Å². The minimum absolute atomic E-state index is 0.589. The van der Waals surface area contributed by atoms with E-state index in [0.717, 1.165) is 55.0 Å². The van der Waals surface area contributed by atoms with Crippen molar-refractivity contribution in [3.8, 4) is 11.5 Å². The van der Waals surface area contributed by atoms with Crippen LogP contribution in [0.4, 0.5) is 0 Å². The van der Waals surface area contributed by atoms with Crippen LogP contribution in [-0.4, -0.2) is 68.9 Å². The SMILES string of the molecule is C=CC[N+]1(C(C)Cc2ccccc2)CCN(CCc2cccc(OC)c2OC)CC1. The molecular formula is C26H37N2O2+. The van der Waals surface area contributed by atoms with Gasteiger partial charge in [0, 0.05) is 26.1 Å². The quantitative estimate of drug-likeness (QED) is 0.434. The predicted molar refractivity (Wildman–Crippen MR) is 124 cm³/mol. The summed E-state index contributed by atoms with van der Waals surface area (Å²) in [7, 11) is 3.41. The molecule has 2 aromatic rings. The summed E-state index contributed by atoms with van der Waals surface area (Å²) in [5.74, 6) is 1.68. The molecule has 0 amide bonds. The Morgan fingerprint density at radius 2 is 1.77 bits per heavy atom. The minimum atomic E-state index is 0.589. The van der Waals surface area contributed by atoms with Gasteiger partial charge in [-0.1, -0.05) is 49.0 Å². The molecule has 0 aromatic heterocycles. The molecule has 0 bridgehead atoms. The summed E-state index contributed by atoms with van der Waals surface area (Å²) in [4.78, 5) is 2.59. The lowest BCUT2D eigenvalue weighted by Gasteiger charge is -2.48. The molecule has 1 saturated heterocycles. The van der Waals surface area contributed by atoms with E-state index < -0.39 is 0 Å². The zero-order valence-electron chi connectivity index (χ0n) is 18.8. The molecule has 0 N–H and O–H groups in total. The number of quaternary nitrogens is 1. The van der Waals surface area contributed by atoms with Gasteiger partial charge in [-0.05, 0) is 36.6 Å². The van der Waals surface area contributed by atoms with E-state index in [1.807, 2.05) is 12.1 Å². The Kier molecular flexibility index (Phi) is 7.94. The molecule has 30 heavy (non-hydrogen) atoms. The fourth-order valence-corrected chi connectivity index (χ4v) is 4.77. The smallest absolute Gasteiger partial charge is 0.163 e. The Hall–Kier alpha value is -2.30. The number of hydrogen-bond donors (Lipinski definition) is 0. The van der Waals surface area contributed by atoms with Gasteiger partial charge in [0.15, 0.2) is 11.5 Å². The highest BCUT2D eigenvalue weighted by atomic mass is 16.5. The first kappa shape index (κ1) is 22.4. The zero-order chi connectivity index (χ0) is 21.4. The maximum atomic E-state index is 5.60. The highest BCUT2D eigenvalue weighted by Crippen LogP contribution is 2.31. The van der Waals surface area contributed by atoms with Crippen LogP contribution in [0.2, 0.25) is 0 Å². The third-order valence-corrected chi connectivity index (χ3v) is 6.71. The van der Waals surface area contributed by atoms with E-state index >= 15 is 0 Å². The predicted octanol–water partition coefficient (Wildman–Crippen LogP) is 4.20. The Morgan fingerprint density at radius 3 is 2.40 bits per heavy atom. The van der Waals surface area contributed by atoms with Crippen molar-refractivity contribution >= 4 is 0 Å². The normalized spacial score (nSPS) is 17.3.